The van der Waals surface area contributed by atoms with Crippen molar-refractivity contribution in [3.63, 3.8) is 0 Å². The molecule has 1 saturated heterocycles. The van der Waals surface area contributed by atoms with E-state index in [1.165, 1.54) is 4.90 Å². The Balaban J connectivity index is 1.64. The highest BCUT2D eigenvalue weighted by Crippen LogP contribution is 2.30. The number of benzene rings is 1. The summed E-state index contributed by atoms with van der Waals surface area (Å²) < 4.78 is 6.50. The van der Waals surface area contributed by atoms with Gasteiger partial charge in [-0.3, -0.25) is 0 Å². The molecule has 1 fully saturated rings. The number of aromatic nitrogens is 2. The number of rotatable bonds is 4. The van der Waals surface area contributed by atoms with Gasteiger partial charge in [0.1, 0.15) is 0 Å². The van der Waals surface area contributed by atoms with E-state index < -0.39 is 0 Å². The molecule has 6 heteroatoms. The van der Waals surface area contributed by atoms with Crippen LogP contribution in [0.2, 0.25) is 0 Å². The molecule has 1 N–H and O–H groups in total. The van der Waals surface area contributed by atoms with Crippen LogP contribution in [0.3, 0.4) is 0 Å². The highest BCUT2D eigenvalue weighted by molar-refractivity contribution is 9.10. The van der Waals surface area contributed by atoms with Gasteiger partial charge in [0.05, 0.1) is 11.3 Å². The lowest BCUT2D eigenvalue weighted by molar-refractivity contribution is 0.274. The smallest absolute Gasteiger partial charge is 0.246 e. The second-order valence-corrected chi connectivity index (χ2v) is 7.09. The fourth-order valence-corrected chi connectivity index (χ4v) is 3.30. The van der Waals surface area contributed by atoms with Crippen LogP contribution in [0.25, 0.3) is 0 Å². The van der Waals surface area contributed by atoms with Gasteiger partial charge in [-0.25, -0.2) is 0 Å². The molecular weight excluding hydrogens is 338 g/mol. The van der Waals surface area contributed by atoms with Gasteiger partial charge in [-0.05, 0) is 50.6 Å². The standard InChI is InChI=1S/C14H16BrN3OS/c1-14(7-2-8-16-14)13-17-12(18-19-13)9-20-11-5-3-10(15)4-6-11/h3-6,16H,2,7-9H2,1H3. The second-order valence-electron chi connectivity index (χ2n) is 5.12. The van der Waals surface area contributed by atoms with Crippen LogP contribution >= 0.6 is 27.7 Å². The summed E-state index contributed by atoms with van der Waals surface area (Å²) in [4.78, 5) is 5.73. The maximum atomic E-state index is 5.41. The van der Waals surface area contributed by atoms with Crippen molar-refractivity contribution in [1.82, 2.24) is 15.5 Å². The minimum atomic E-state index is -0.145. The Morgan fingerprint density at radius 2 is 2.20 bits per heavy atom. The van der Waals surface area contributed by atoms with Gasteiger partial charge in [0, 0.05) is 9.37 Å². The van der Waals surface area contributed by atoms with Crippen LogP contribution in [0.5, 0.6) is 0 Å². The number of hydrogen-bond donors (Lipinski definition) is 1. The lowest BCUT2D eigenvalue weighted by atomic mass is 10.0. The molecule has 1 aliphatic heterocycles. The molecule has 0 radical (unpaired) electrons. The molecule has 2 heterocycles. The van der Waals surface area contributed by atoms with Crippen LogP contribution in [0.15, 0.2) is 38.2 Å². The van der Waals surface area contributed by atoms with E-state index in [4.69, 9.17) is 4.52 Å². The molecular formula is C14H16BrN3OS. The summed E-state index contributed by atoms with van der Waals surface area (Å²) in [6.45, 7) is 3.14. The largest absolute Gasteiger partial charge is 0.337 e. The van der Waals surface area contributed by atoms with Crippen LogP contribution in [0, 0.1) is 0 Å². The highest BCUT2D eigenvalue weighted by atomic mass is 79.9. The Kier molecular flexibility index (Phi) is 4.14. The van der Waals surface area contributed by atoms with Crippen molar-refractivity contribution in [2.45, 2.75) is 36.0 Å². The molecule has 3 rings (SSSR count). The van der Waals surface area contributed by atoms with Gasteiger partial charge in [-0.2, -0.15) is 4.98 Å². The third kappa shape index (κ3) is 3.07. The fraction of sp³-hybridized carbons (Fsp3) is 0.429. The molecule has 0 aliphatic carbocycles. The van der Waals surface area contributed by atoms with Crippen LogP contribution in [-0.4, -0.2) is 16.7 Å². The number of nitrogens with zero attached hydrogens (tertiary/aromatic N) is 2. The van der Waals surface area contributed by atoms with E-state index in [0.29, 0.717) is 5.89 Å². The molecule has 1 aliphatic rings. The third-order valence-electron chi connectivity index (χ3n) is 3.49. The lowest BCUT2D eigenvalue weighted by Crippen LogP contribution is -2.33. The van der Waals surface area contributed by atoms with Crippen molar-refractivity contribution in [2.24, 2.45) is 0 Å². The van der Waals surface area contributed by atoms with E-state index in [9.17, 15) is 0 Å². The Hall–Kier alpha value is -0.850. The number of nitrogens with one attached hydrogen (secondary N) is 1. The van der Waals surface area contributed by atoms with Crippen LogP contribution in [-0.2, 0) is 11.3 Å². The minimum Gasteiger partial charge on any atom is -0.337 e. The molecule has 0 amide bonds. The number of halogens is 1. The normalized spacial score (nSPS) is 22.3. The van der Waals surface area contributed by atoms with E-state index in [-0.39, 0.29) is 5.54 Å². The Morgan fingerprint density at radius 1 is 1.40 bits per heavy atom. The van der Waals surface area contributed by atoms with Crippen molar-refractivity contribution >= 4 is 27.7 Å². The van der Waals surface area contributed by atoms with E-state index in [1.54, 1.807) is 11.8 Å². The molecule has 2 aromatic rings. The summed E-state index contributed by atoms with van der Waals surface area (Å²) in [6.07, 6.45) is 2.20. The maximum absolute atomic E-state index is 5.41. The molecule has 1 aromatic heterocycles. The van der Waals surface area contributed by atoms with Gasteiger partial charge < -0.3 is 9.84 Å². The summed E-state index contributed by atoms with van der Waals surface area (Å²) in [7, 11) is 0. The number of hydrogen-bond acceptors (Lipinski definition) is 5. The predicted octanol–water partition coefficient (Wildman–Crippen LogP) is 3.72. The van der Waals surface area contributed by atoms with Gasteiger partial charge in [0.15, 0.2) is 5.82 Å². The SMILES string of the molecule is CC1(c2nc(CSc3ccc(Br)cc3)no2)CCCN1. The average molecular weight is 354 g/mol. The zero-order valence-electron chi connectivity index (χ0n) is 11.2. The van der Waals surface area contributed by atoms with Gasteiger partial charge in [-0.15, -0.1) is 11.8 Å². The van der Waals surface area contributed by atoms with Gasteiger partial charge >= 0.3 is 0 Å². The molecule has 0 bridgehead atoms. The number of thioether (sulfide) groups is 1. The summed E-state index contributed by atoms with van der Waals surface area (Å²) >= 11 is 5.14. The molecule has 1 atom stereocenters. The van der Waals surface area contributed by atoms with E-state index in [0.717, 1.165) is 35.4 Å². The maximum Gasteiger partial charge on any atom is 0.246 e. The van der Waals surface area contributed by atoms with Crippen molar-refractivity contribution in [1.29, 1.82) is 0 Å². The summed E-state index contributed by atoms with van der Waals surface area (Å²) in [5.74, 6) is 2.19. The van der Waals surface area contributed by atoms with Crippen LogP contribution in [0.4, 0.5) is 0 Å². The zero-order chi connectivity index (χ0) is 14.0. The summed E-state index contributed by atoms with van der Waals surface area (Å²) in [5, 5.41) is 7.52. The average Bonchev–Trinajstić information content (AvgIpc) is 3.08. The molecule has 0 spiro atoms. The van der Waals surface area contributed by atoms with Crippen LogP contribution < -0.4 is 5.32 Å². The van der Waals surface area contributed by atoms with Crippen molar-refractivity contribution in [3.8, 4) is 0 Å². The van der Waals surface area contributed by atoms with E-state index in [1.807, 2.05) is 12.1 Å². The first-order chi connectivity index (χ1) is 9.66. The fourth-order valence-electron chi connectivity index (χ4n) is 2.29. The first-order valence-corrected chi connectivity index (χ1v) is 8.40. The van der Waals surface area contributed by atoms with Crippen molar-refractivity contribution in [2.75, 3.05) is 6.54 Å². The molecule has 1 unspecified atom stereocenters. The minimum absolute atomic E-state index is 0.145. The highest BCUT2D eigenvalue weighted by Gasteiger charge is 2.35. The molecule has 20 heavy (non-hydrogen) atoms. The topological polar surface area (TPSA) is 51.0 Å². The monoisotopic (exact) mass is 353 g/mol. The molecule has 0 saturated carbocycles. The first-order valence-electron chi connectivity index (χ1n) is 6.62. The lowest BCUT2D eigenvalue weighted by Gasteiger charge is -2.18. The van der Waals surface area contributed by atoms with E-state index >= 15 is 0 Å². The molecule has 4 nitrogen and oxygen atoms in total. The summed E-state index contributed by atoms with van der Waals surface area (Å²) in [6, 6.07) is 8.23. The second kappa shape index (κ2) is 5.87. The molecule has 1 aromatic carbocycles. The zero-order valence-corrected chi connectivity index (χ0v) is 13.6. The Bertz CT molecular complexity index is 578. The summed E-state index contributed by atoms with van der Waals surface area (Å²) in [5.41, 5.74) is -0.145. The predicted molar refractivity (Wildman–Crippen MR) is 82.6 cm³/mol. The molecule has 106 valence electrons. The first kappa shape index (κ1) is 14.1. The van der Waals surface area contributed by atoms with E-state index in [2.05, 4.69) is 50.4 Å². The van der Waals surface area contributed by atoms with Gasteiger partial charge in [0.2, 0.25) is 5.89 Å². The van der Waals surface area contributed by atoms with Gasteiger partial charge in [0.25, 0.3) is 0 Å². The Labute approximate surface area is 130 Å². The van der Waals surface area contributed by atoms with Crippen molar-refractivity contribution in [3.05, 3.63) is 40.5 Å². The van der Waals surface area contributed by atoms with Gasteiger partial charge in [-0.1, -0.05) is 21.1 Å². The van der Waals surface area contributed by atoms with Crippen molar-refractivity contribution < 1.29 is 4.52 Å². The van der Waals surface area contributed by atoms with Crippen LogP contribution in [0.1, 0.15) is 31.5 Å². The Morgan fingerprint density at radius 3 is 2.90 bits per heavy atom. The third-order valence-corrected chi connectivity index (χ3v) is 5.03. The quantitative estimate of drug-likeness (QED) is 0.848.